The molecule has 0 heterocycles. The normalized spacial score (nSPS) is 11.5. The fraction of sp³-hybridized carbons (Fsp3) is 0.857. The quantitative estimate of drug-likeness (QED) is 0.208. The average Bonchev–Trinajstić information content (AvgIpc) is 2.62. The molecule has 0 amide bonds. The van der Waals surface area contributed by atoms with Gasteiger partial charge in [-0.05, 0) is 12.8 Å². The Balaban J connectivity index is 3.28. The van der Waals surface area contributed by atoms with Gasteiger partial charge in [-0.25, -0.2) is 4.79 Å². The van der Waals surface area contributed by atoms with Crippen LogP contribution in [0.5, 0.6) is 0 Å². The second-order valence-electron chi connectivity index (χ2n) is 6.86. The van der Waals surface area contributed by atoms with Gasteiger partial charge in [0.15, 0.2) is 0 Å². The molecule has 0 radical (unpaired) electrons. The Morgan fingerprint density at radius 1 is 0.800 bits per heavy atom. The predicted molar refractivity (Wildman–Crippen MR) is 104 cm³/mol. The Kier molecular flexibility index (Phi) is 18.8. The highest BCUT2D eigenvalue weighted by atomic mass is 16.6. The first-order valence-corrected chi connectivity index (χ1v) is 10.3. The summed E-state index contributed by atoms with van der Waals surface area (Å²) in [6, 6.07) is 0. The summed E-state index contributed by atoms with van der Waals surface area (Å²) < 4.78 is 4.84. The topological polar surface area (TPSA) is 66.8 Å². The van der Waals surface area contributed by atoms with Crippen LogP contribution in [0.25, 0.3) is 0 Å². The van der Waals surface area contributed by atoms with Gasteiger partial charge in [-0.3, -0.25) is 0 Å². The van der Waals surface area contributed by atoms with Gasteiger partial charge in [-0.2, -0.15) is 0 Å². The number of unbranched alkanes of at least 4 members (excludes halogenated alkanes) is 13. The number of rotatable bonds is 18. The largest absolute Gasteiger partial charge is 0.454 e. The lowest BCUT2D eigenvalue weighted by atomic mass is 10.0. The van der Waals surface area contributed by atoms with E-state index in [0.29, 0.717) is 0 Å². The molecule has 0 aliphatic rings. The Morgan fingerprint density at radius 2 is 1.24 bits per heavy atom. The van der Waals surface area contributed by atoms with Crippen LogP contribution in [0.2, 0.25) is 0 Å². The molecule has 4 nitrogen and oxygen atoms in total. The first-order valence-electron chi connectivity index (χ1n) is 10.3. The second-order valence-corrected chi connectivity index (χ2v) is 6.86. The Labute approximate surface area is 154 Å². The third kappa shape index (κ3) is 17.7. The average molecular weight is 357 g/mol. The standard InChI is InChI=1S/C21H40O4/c1-2-3-4-5-6-7-8-9-10-11-12-13-14-15-16-17-21(24)25-20(18-22)19-23/h16-17,20,22-23H,2-15,18-19H2,1H3. The highest BCUT2D eigenvalue weighted by Crippen LogP contribution is 2.13. The van der Waals surface area contributed by atoms with Crippen LogP contribution in [-0.2, 0) is 9.53 Å². The molecule has 0 aliphatic heterocycles. The zero-order valence-corrected chi connectivity index (χ0v) is 16.3. The molecule has 0 atom stereocenters. The molecule has 0 aliphatic carbocycles. The molecular formula is C21H40O4. The van der Waals surface area contributed by atoms with E-state index in [4.69, 9.17) is 14.9 Å². The van der Waals surface area contributed by atoms with E-state index in [1.54, 1.807) is 0 Å². The number of hydrogen-bond donors (Lipinski definition) is 2. The van der Waals surface area contributed by atoms with Gasteiger partial charge in [-0.15, -0.1) is 0 Å². The number of carbonyl (C=O) groups excluding carboxylic acids is 1. The number of ether oxygens (including phenoxy) is 1. The van der Waals surface area contributed by atoms with Crippen molar-refractivity contribution in [1.29, 1.82) is 0 Å². The lowest BCUT2D eigenvalue weighted by Crippen LogP contribution is -2.24. The first kappa shape index (κ1) is 24.1. The van der Waals surface area contributed by atoms with E-state index in [-0.39, 0.29) is 13.2 Å². The van der Waals surface area contributed by atoms with Gasteiger partial charge < -0.3 is 14.9 Å². The molecule has 2 N–H and O–H groups in total. The van der Waals surface area contributed by atoms with Crippen molar-refractivity contribution in [3.63, 3.8) is 0 Å². The molecule has 4 heteroatoms. The maximum atomic E-state index is 11.4. The molecule has 0 saturated carbocycles. The van der Waals surface area contributed by atoms with Gasteiger partial charge in [-0.1, -0.05) is 90.0 Å². The molecule has 25 heavy (non-hydrogen) atoms. The fourth-order valence-corrected chi connectivity index (χ4v) is 2.80. The highest BCUT2D eigenvalue weighted by Gasteiger charge is 2.09. The van der Waals surface area contributed by atoms with E-state index in [9.17, 15) is 4.79 Å². The molecule has 0 spiro atoms. The van der Waals surface area contributed by atoms with E-state index in [2.05, 4.69) is 6.92 Å². The summed E-state index contributed by atoms with van der Waals surface area (Å²) in [6.45, 7) is 1.56. The zero-order valence-electron chi connectivity index (χ0n) is 16.3. The summed E-state index contributed by atoms with van der Waals surface area (Å²) in [5.74, 6) is -0.497. The van der Waals surface area contributed by atoms with Crippen LogP contribution in [0.3, 0.4) is 0 Å². The van der Waals surface area contributed by atoms with Gasteiger partial charge in [0.1, 0.15) is 6.10 Å². The summed E-state index contributed by atoms with van der Waals surface area (Å²) in [4.78, 5) is 11.4. The molecule has 0 unspecified atom stereocenters. The van der Waals surface area contributed by atoms with Gasteiger partial charge in [0.2, 0.25) is 0 Å². The van der Waals surface area contributed by atoms with Crippen molar-refractivity contribution in [3.8, 4) is 0 Å². The Morgan fingerprint density at radius 3 is 1.68 bits per heavy atom. The third-order valence-corrected chi connectivity index (χ3v) is 4.42. The molecule has 0 rings (SSSR count). The number of aliphatic hydroxyl groups is 2. The number of esters is 1. The Bertz CT molecular complexity index is 311. The van der Waals surface area contributed by atoms with E-state index >= 15 is 0 Å². The van der Waals surface area contributed by atoms with Crippen LogP contribution in [0, 0.1) is 0 Å². The van der Waals surface area contributed by atoms with E-state index in [1.165, 1.54) is 83.1 Å². The minimum atomic E-state index is -0.812. The number of allylic oxidation sites excluding steroid dienone is 1. The molecule has 148 valence electrons. The molecule has 0 aromatic heterocycles. The fourth-order valence-electron chi connectivity index (χ4n) is 2.80. The third-order valence-electron chi connectivity index (χ3n) is 4.42. The van der Waals surface area contributed by atoms with E-state index in [0.717, 1.165) is 12.8 Å². The molecule has 0 fully saturated rings. The van der Waals surface area contributed by atoms with Crippen molar-refractivity contribution in [1.82, 2.24) is 0 Å². The van der Waals surface area contributed by atoms with Gasteiger partial charge in [0, 0.05) is 6.08 Å². The number of aliphatic hydroxyl groups excluding tert-OH is 2. The maximum absolute atomic E-state index is 11.4. The van der Waals surface area contributed by atoms with Gasteiger partial charge >= 0.3 is 5.97 Å². The monoisotopic (exact) mass is 356 g/mol. The van der Waals surface area contributed by atoms with Crippen LogP contribution in [0.15, 0.2) is 12.2 Å². The van der Waals surface area contributed by atoms with E-state index in [1.807, 2.05) is 6.08 Å². The van der Waals surface area contributed by atoms with Crippen LogP contribution in [-0.4, -0.2) is 35.5 Å². The van der Waals surface area contributed by atoms with Gasteiger partial charge in [0.05, 0.1) is 13.2 Å². The van der Waals surface area contributed by atoms with Crippen LogP contribution in [0.4, 0.5) is 0 Å². The van der Waals surface area contributed by atoms with Crippen molar-refractivity contribution in [3.05, 3.63) is 12.2 Å². The first-order chi connectivity index (χ1) is 12.2. The number of carbonyl (C=O) groups is 1. The maximum Gasteiger partial charge on any atom is 0.330 e. The summed E-state index contributed by atoms with van der Waals surface area (Å²) in [5, 5.41) is 17.6. The predicted octanol–water partition coefficient (Wildman–Crippen LogP) is 4.92. The Hall–Kier alpha value is -0.870. The van der Waals surface area contributed by atoms with Crippen molar-refractivity contribution < 1.29 is 19.7 Å². The lowest BCUT2D eigenvalue weighted by molar-refractivity contribution is -0.147. The SMILES string of the molecule is CCCCCCCCCCCCCCCC=CC(=O)OC(CO)CO. The summed E-state index contributed by atoms with van der Waals surface area (Å²) in [5.41, 5.74) is 0. The molecule has 0 aromatic rings. The van der Waals surface area contributed by atoms with E-state index < -0.39 is 12.1 Å². The molecule has 0 bridgehead atoms. The van der Waals surface area contributed by atoms with Crippen molar-refractivity contribution in [2.24, 2.45) is 0 Å². The van der Waals surface area contributed by atoms with Gasteiger partial charge in [0.25, 0.3) is 0 Å². The van der Waals surface area contributed by atoms with Crippen LogP contribution < -0.4 is 0 Å². The van der Waals surface area contributed by atoms with Crippen molar-refractivity contribution in [2.45, 2.75) is 103 Å². The van der Waals surface area contributed by atoms with Crippen molar-refractivity contribution >= 4 is 5.97 Å². The minimum absolute atomic E-state index is 0.352. The van der Waals surface area contributed by atoms with Crippen molar-refractivity contribution in [2.75, 3.05) is 13.2 Å². The summed E-state index contributed by atoms with van der Waals surface area (Å²) in [7, 11) is 0. The second kappa shape index (κ2) is 19.5. The summed E-state index contributed by atoms with van der Waals surface area (Å²) in [6.07, 6.45) is 20.6. The van der Waals surface area contributed by atoms with Crippen LogP contribution in [0.1, 0.15) is 96.8 Å². The molecule has 0 saturated heterocycles. The zero-order chi connectivity index (χ0) is 18.6. The van der Waals surface area contributed by atoms with Crippen LogP contribution >= 0.6 is 0 Å². The molecular weight excluding hydrogens is 316 g/mol. The minimum Gasteiger partial charge on any atom is -0.454 e. The smallest absolute Gasteiger partial charge is 0.330 e. The highest BCUT2D eigenvalue weighted by molar-refractivity contribution is 5.82. The molecule has 0 aromatic carbocycles. The summed E-state index contributed by atoms with van der Waals surface area (Å²) >= 11 is 0. The number of hydrogen-bond acceptors (Lipinski definition) is 4. The lowest BCUT2D eigenvalue weighted by Gasteiger charge is -2.10.